The number of benzene rings is 1. The number of nitrogens with one attached hydrogen (secondary N) is 1. The van der Waals surface area contributed by atoms with Gasteiger partial charge in [-0.25, -0.2) is 0 Å². The van der Waals surface area contributed by atoms with Crippen molar-refractivity contribution in [1.29, 1.82) is 0 Å². The van der Waals surface area contributed by atoms with Gasteiger partial charge in [0.25, 0.3) is 5.69 Å². The minimum Gasteiger partial charge on any atom is -0.308 e. The fraction of sp³-hybridized carbons (Fsp3) is 0.600. The van der Waals surface area contributed by atoms with Crippen LogP contribution in [0.2, 0.25) is 5.02 Å². The summed E-state index contributed by atoms with van der Waals surface area (Å²) >= 11 is 6.10. The molecule has 0 atom stereocenters. The average Bonchev–Trinajstić information content (AvgIpc) is 2.24. The van der Waals surface area contributed by atoms with Gasteiger partial charge in [-0.05, 0) is 37.3 Å². The second kappa shape index (κ2) is 6.10. The third-order valence-electron chi connectivity index (χ3n) is 2.97. The van der Waals surface area contributed by atoms with E-state index in [1.54, 1.807) is 6.07 Å². The molecule has 0 saturated heterocycles. The van der Waals surface area contributed by atoms with Crippen LogP contribution >= 0.6 is 11.6 Å². The van der Waals surface area contributed by atoms with Crippen LogP contribution in [0.15, 0.2) is 18.2 Å². The van der Waals surface area contributed by atoms with Gasteiger partial charge in [0.05, 0.1) is 4.92 Å². The largest absolute Gasteiger partial charge is 0.308 e. The number of non-ortho nitro benzene ring substituents is 1. The molecular weight excluding hydrogens is 276 g/mol. The van der Waals surface area contributed by atoms with Crippen LogP contribution in [0.5, 0.6) is 0 Å². The number of hydrogen-bond donors (Lipinski definition) is 1. The van der Waals surface area contributed by atoms with E-state index in [1.807, 2.05) is 0 Å². The molecule has 1 aromatic rings. The normalized spacial score (nSPS) is 12.5. The Morgan fingerprint density at radius 3 is 2.35 bits per heavy atom. The highest BCUT2D eigenvalue weighted by Crippen LogP contribution is 2.28. The van der Waals surface area contributed by atoms with Crippen LogP contribution in [0.1, 0.15) is 46.6 Å². The summed E-state index contributed by atoms with van der Waals surface area (Å²) < 4.78 is 0. The van der Waals surface area contributed by atoms with Gasteiger partial charge in [-0.3, -0.25) is 10.1 Å². The third-order valence-corrected chi connectivity index (χ3v) is 3.34. The number of halogens is 1. The third kappa shape index (κ3) is 5.47. The van der Waals surface area contributed by atoms with Crippen molar-refractivity contribution in [2.24, 2.45) is 5.41 Å². The number of nitrogens with zero attached hydrogens (tertiary/aromatic N) is 1. The standard InChI is InChI=1S/C15H23ClN2O2/c1-14(2,3)10-15(4,5)17-9-11-8-12(18(19)20)6-7-13(11)16/h6-8,17H,9-10H2,1-5H3. The van der Waals surface area contributed by atoms with Crippen molar-refractivity contribution in [2.75, 3.05) is 0 Å². The summed E-state index contributed by atoms with van der Waals surface area (Å²) in [5.74, 6) is 0. The van der Waals surface area contributed by atoms with Crippen LogP contribution in [0, 0.1) is 15.5 Å². The summed E-state index contributed by atoms with van der Waals surface area (Å²) in [6.45, 7) is 11.3. The first-order valence-corrected chi connectivity index (χ1v) is 7.06. The van der Waals surface area contributed by atoms with E-state index in [9.17, 15) is 10.1 Å². The van der Waals surface area contributed by atoms with Gasteiger partial charge in [-0.15, -0.1) is 0 Å². The zero-order valence-electron chi connectivity index (χ0n) is 12.8. The predicted molar refractivity (Wildman–Crippen MR) is 83.1 cm³/mol. The average molecular weight is 299 g/mol. The van der Waals surface area contributed by atoms with Gasteiger partial charge < -0.3 is 5.32 Å². The Kier molecular flexibility index (Phi) is 5.16. The van der Waals surface area contributed by atoms with Crippen LogP contribution in [0.3, 0.4) is 0 Å². The first-order valence-electron chi connectivity index (χ1n) is 6.68. The van der Waals surface area contributed by atoms with Crippen molar-refractivity contribution in [1.82, 2.24) is 5.32 Å². The maximum absolute atomic E-state index is 10.8. The van der Waals surface area contributed by atoms with Crippen molar-refractivity contribution in [3.63, 3.8) is 0 Å². The predicted octanol–water partition coefficient (Wildman–Crippen LogP) is 4.55. The van der Waals surface area contributed by atoms with Gasteiger partial charge in [0.2, 0.25) is 0 Å². The monoisotopic (exact) mass is 298 g/mol. The van der Waals surface area contributed by atoms with Gasteiger partial charge in [-0.2, -0.15) is 0 Å². The lowest BCUT2D eigenvalue weighted by atomic mass is 9.82. The fourth-order valence-corrected chi connectivity index (χ4v) is 2.72. The molecule has 0 saturated carbocycles. The van der Waals surface area contributed by atoms with Gasteiger partial charge >= 0.3 is 0 Å². The van der Waals surface area contributed by atoms with Crippen molar-refractivity contribution in [3.05, 3.63) is 38.9 Å². The van der Waals surface area contributed by atoms with Crippen LogP contribution in [-0.4, -0.2) is 10.5 Å². The molecule has 112 valence electrons. The van der Waals surface area contributed by atoms with Crippen LogP contribution in [-0.2, 0) is 6.54 Å². The van der Waals surface area contributed by atoms with E-state index in [0.29, 0.717) is 11.6 Å². The van der Waals surface area contributed by atoms with Crippen molar-refractivity contribution in [2.45, 2.75) is 53.1 Å². The number of nitro groups is 1. The Labute approximate surface area is 125 Å². The van der Waals surface area contributed by atoms with E-state index in [4.69, 9.17) is 11.6 Å². The SMILES string of the molecule is CC(C)(C)CC(C)(C)NCc1cc([N+](=O)[O-])ccc1Cl. The molecule has 0 aliphatic rings. The molecule has 0 spiro atoms. The van der Waals surface area contributed by atoms with Crippen molar-refractivity contribution in [3.8, 4) is 0 Å². The first kappa shape index (κ1) is 16.9. The van der Waals surface area contributed by atoms with E-state index in [1.165, 1.54) is 12.1 Å². The summed E-state index contributed by atoms with van der Waals surface area (Å²) in [6, 6.07) is 4.53. The van der Waals surface area contributed by atoms with E-state index in [-0.39, 0.29) is 16.6 Å². The molecule has 0 bridgehead atoms. The van der Waals surface area contributed by atoms with Crippen molar-refractivity contribution < 1.29 is 4.92 Å². The molecule has 0 unspecified atom stereocenters. The molecule has 0 radical (unpaired) electrons. The Balaban J connectivity index is 2.79. The lowest BCUT2D eigenvalue weighted by Crippen LogP contribution is -2.41. The molecule has 0 fully saturated rings. The van der Waals surface area contributed by atoms with Gasteiger partial charge in [0.15, 0.2) is 0 Å². The summed E-state index contributed by atoms with van der Waals surface area (Å²) in [6.07, 6.45) is 0.993. The molecule has 0 aromatic heterocycles. The molecule has 1 N–H and O–H groups in total. The lowest BCUT2D eigenvalue weighted by molar-refractivity contribution is -0.384. The van der Waals surface area contributed by atoms with Gasteiger partial charge in [0.1, 0.15) is 0 Å². The van der Waals surface area contributed by atoms with E-state index in [2.05, 4.69) is 39.9 Å². The molecule has 4 nitrogen and oxygen atoms in total. The fourth-order valence-electron chi connectivity index (χ4n) is 2.53. The Bertz CT molecular complexity index is 493. The topological polar surface area (TPSA) is 55.2 Å². The van der Waals surface area contributed by atoms with E-state index >= 15 is 0 Å². The second-order valence-corrected chi connectivity index (χ2v) is 7.41. The Hall–Kier alpha value is -1.13. The molecule has 0 aliphatic carbocycles. The molecule has 20 heavy (non-hydrogen) atoms. The van der Waals surface area contributed by atoms with E-state index in [0.717, 1.165) is 12.0 Å². The van der Waals surface area contributed by atoms with Crippen LogP contribution in [0.4, 0.5) is 5.69 Å². The second-order valence-electron chi connectivity index (χ2n) is 7.01. The number of hydrogen-bond acceptors (Lipinski definition) is 3. The number of nitro benzene ring substituents is 1. The Morgan fingerprint density at radius 2 is 1.85 bits per heavy atom. The quantitative estimate of drug-likeness (QED) is 0.641. The summed E-state index contributed by atoms with van der Waals surface area (Å²) in [7, 11) is 0. The molecule has 0 aliphatic heterocycles. The first-order chi connectivity index (χ1) is 9.00. The lowest BCUT2D eigenvalue weighted by Gasteiger charge is -2.33. The van der Waals surface area contributed by atoms with Crippen LogP contribution in [0.25, 0.3) is 0 Å². The number of rotatable bonds is 5. The molecule has 0 heterocycles. The smallest absolute Gasteiger partial charge is 0.269 e. The van der Waals surface area contributed by atoms with Crippen molar-refractivity contribution >= 4 is 17.3 Å². The van der Waals surface area contributed by atoms with Gasteiger partial charge in [0, 0.05) is 29.2 Å². The van der Waals surface area contributed by atoms with E-state index < -0.39 is 4.92 Å². The summed E-state index contributed by atoms with van der Waals surface area (Å²) in [4.78, 5) is 10.4. The zero-order chi connectivity index (χ0) is 15.6. The summed E-state index contributed by atoms with van der Waals surface area (Å²) in [5, 5.41) is 14.8. The maximum Gasteiger partial charge on any atom is 0.269 e. The van der Waals surface area contributed by atoms with Gasteiger partial charge in [-0.1, -0.05) is 32.4 Å². The highest BCUT2D eigenvalue weighted by molar-refractivity contribution is 6.31. The molecular formula is C15H23ClN2O2. The zero-order valence-corrected chi connectivity index (χ0v) is 13.5. The minimum absolute atomic E-state index is 0.0633. The molecule has 1 aromatic carbocycles. The summed E-state index contributed by atoms with van der Waals surface area (Å²) in [5.41, 5.74) is 0.970. The highest BCUT2D eigenvalue weighted by Gasteiger charge is 2.25. The molecule has 1 rings (SSSR count). The highest BCUT2D eigenvalue weighted by atomic mass is 35.5. The minimum atomic E-state index is -0.403. The maximum atomic E-state index is 10.8. The Morgan fingerprint density at radius 1 is 1.25 bits per heavy atom. The molecule has 0 amide bonds. The van der Waals surface area contributed by atoms with Crippen LogP contribution < -0.4 is 5.32 Å². The molecule has 5 heteroatoms.